The fraction of sp³-hybridized carbons (Fsp3) is 0.769. The molecule has 1 atom stereocenters. The van der Waals surface area contributed by atoms with Gasteiger partial charge in [0.1, 0.15) is 5.54 Å². The number of nitrogens with one attached hydrogen (secondary N) is 2. The summed E-state index contributed by atoms with van der Waals surface area (Å²) in [6.07, 6.45) is 2.52. The van der Waals surface area contributed by atoms with Gasteiger partial charge in [0, 0.05) is 0 Å². The number of carbonyl (C=O) groups is 3. The molecule has 7 heteroatoms. The highest BCUT2D eigenvalue weighted by Gasteiger charge is 2.47. The molecule has 1 heterocycles. The molecule has 20 heavy (non-hydrogen) atoms. The second kappa shape index (κ2) is 6.69. The molecular formula is C13H24N4O3. The van der Waals surface area contributed by atoms with Crippen LogP contribution in [0.3, 0.4) is 0 Å². The lowest BCUT2D eigenvalue weighted by atomic mass is 10.00. The largest absolute Gasteiger partial charge is 0.344 e. The fourth-order valence-electron chi connectivity index (χ4n) is 1.94. The van der Waals surface area contributed by atoms with Crippen LogP contribution in [0.15, 0.2) is 0 Å². The van der Waals surface area contributed by atoms with E-state index in [0.717, 1.165) is 24.4 Å². The van der Waals surface area contributed by atoms with Crippen LogP contribution < -0.4 is 10.7 Å². The van der Waals surface area contributed by atoms with Crippen LogP contribution in [0.5, 0.6) is 0 Å². The summed E-state index contributed by atoms with van der Waals surface area (Å²) in [6.45, 7) is 6.48. The van der Waals surface area contributed by atoms with Crippen molar-refractivity contribution in [3.05, 3.63) is 0 Å². The Kier molecular flexibility index (Phi) is 5.50. The molecule has 0 radical (unpaired) electrons. The maximum atomic E-state index is 12.1. The van der Waals surface area contributed by atoms with Gasteiger partial charge in [-0.25, -0.2) is 4.79 Å². The van der Waals surface area contributed by atoms with Gasteiger partial charge >= 0.3 is 6.03 Å². The van der Waals surface area contributed by atoms with Gasteiger partial charge in [-0.1, -0.05) is 20.3 Å². The molecule has 0 spiro atoms. The Morgan fingerprint density at radius 2 is 2.05 bits per heavy atom. The molecule has 0 aromatic rings. The summed E-state index contributed by atoms with van der Waals surface area (Å²) < 4.78 is 0. The van der Waals surface area contributed by atoms with Crippen molar-refractivity contribution in [1.82, 2.24) is 20.7 Å². The van der Waals surface area contributed by atoms with Gasteiger partial charge in [-0.15, -0.1) is 0 Å². The van der Waals surface area contributed by atoms with Gasteiger partial charge < -0.3 is 5.32 Å². The van der Waals surface area contributed by atoms with E-state index in [1.54, 1.807) is 6.92 Å². The molecule has 1 saturated heterocycles. The molecule has 0 aromatic carbocycles. The number of likely N-dealkylation sites (N-methyl/N-ethyl adjacent to an activating group) is 1. The molecule has 0 saturated carbocycles. The monoisotopic (exact) mass is 284 g/mol. The van der Waals surface area contributed by atoms with Gasteiger partial charge in [-0.3, -0.25) is 19.9 Å². The van der Waals surface area contributed by atoms with E-state index in [4.69, 9.17) is 0 Å². The number of carbonyl (C=O) groups excluding carboxylic acids is 3. The van der Waals surface area contributed by atoms with Crippen molar-refractivity contribution >= 4 is 17.8 Å². The summed E-state index contributed by atoms with van der Waals surface area (Å²) in [5, 5.41) is 3.36. The molecule has 2 N–H and O–H groups in total. The van der Waals surface area contributed by atoms with Crippen LogP contribution in [0.1, 0.15) is 40.0 Å². The van der Waals surface area contributed by atoms with Crippen LogP contribution in [0.25, 0.3) is 0 Å². The number of hydrogen-bond acceptors (Lipinski definition) is 4. The van der Waals surface area contributed by atoms with Crippen molar-refractivity contribution in [2.24, 2.45) is 0 Å². The number of hydrogen-bond donors (Lipinski definition) is 2. The first-order chi connectivity index (χ1) is 9.34. The highest BCUT2D eigenvalue weighted by molar-refractivity contribution is 6.07. The van der Waals surface area contributed by atoms with E-state index in [2.05, 4.69) is 17.7 Å². The molecule has 0 unspecified atom stereocenters. The molecule has 0 aromatic heterocycles. The molecule has 0 bridgehead atoms. The van der Waals surface area contributed by atoms with Crippen LogP contribution in [-0.2, 0) is 9.59 Å². The Balaban J connectivity index is 2.54. The molecule has 114 valence electrons. The summed E-state index contributed by atoms with van der Waals surface area (Å²) in [7, 11) is 1.83. The predicted molar refractivity (Wildman–Crippen MR) is 74.6 cm³/mol. The number of amides is 4. The van der Waals surface area contributed by atoms with E-state index >= 15 is 0 Å². The molecule has 1 fully saturated rings. The first-order valence-corrected chi connectivity index (χ1v) is 6.98. The summed E-state index contributed by atoms with van der Waals surface area (Å²) >= 11 is 0. The minimum Gasteiger partial charge on any atom is -0.322 e. The Morgan fingerprint density at radius 1 is 1.40 bits per heavy atom. The summed E-state index contributed by atoms with van der Waals surface area (Å²) in [6, 6.07) is -0.580. The third-order valence-corrected chi connectivity index (χ3v) is 3.51. The summed E-state index contributed by atoms with van der Waals surface area (Å²) in [5.41, 5.74) is 1.43. The summed E-state index contributed by atoms with van der Waals surface area (Å²) in [4.78, 5) is 37.5. The molecular weight excluding hydrogens is 260 g/mol. The predicted octanol–water partition coefficient (Wildman–Crippen LogP) is 0.470. The molecule has 1 rings (SSSR count). The highest BCUT2D eigenvalue weighted by Crippen LogP contribution is 2.18. The van der Waals surface area contributed by atoms with E-state index in [1.165, 1.54) is 0 Å². The van der Waals surface area contributed by atoms with Gasteiger partial charge in [0.05, 0.1) is 6.54 Å². The van der Waals surface area contributed by atoms with Gasteiger partial charge in [0.2, 0.25) is 0 Å². The van der Waals surface area contributed by atoms with E-state index < -0.39 is 17.5 Å². The van der Waals surface area contributed by atoms with Gasteiger partial charge in [-0.05, 0) is 33.4 Å². The van der Waals surface area contributed by atoms with Crippen molar-refractivity contribution in [2.45, 2.75) is 45.6 Å². The number of nitrogens with zero attached hydrogens (tertiary/aromatic N) is 2. The second-order valence-electron chi connectivity index (χ2n) is 5.38. The first kappa shape index (κ1) is 16.4. The van der Waals surface area contributed by atoms with Gasteiger partial charge in [0.25, 0.3) is 11.8 Å². The number of rotatable bonds is 7. The van der Waals surface area contributed by atoms with Gasteiger partial charge in [0.15, 0.2) is 0 Å². The van der Waals surface area contributed by atoms with Crippen LogP contribution in [0.4, 0.5) is 4.79 Å². The lowest BCUT2D eigenvalue weighted by Gasteiger charge is -2.20. The lowest BCUT2D eigenvalue weighted by molar-refractivity contribution is -0.139. The van der Waals surface area contributed by atoms with E-state index in [-0.39, 0.29) is 12.5 Å². The molecule has 0 aliphatic carbocycles. The van der Waals surface area contributed by atoms with Gasteiger partial charge in [-0.2, -0.15) is 5.01 Å². The fourth-order valence-corrected chi connectivity index (χ4v) is 1.94. The van der Waals surface area contributed by atoms with E-state index in [9.17, 15) is 14.4 Å². The Bertz CT molecular complexity index is 399. The second-order valence-corrected chi connectivity index (χ2v) is 5.38. The highest BCUT2D eigenvalue weighted by atomic mass is 16.2. The quantitative estimate of drug-likeness (QED) is 0.666. The lowest BCUT2D eigenvalue weighted by Crippen LogP contribution is -2.50. The Hall–Kier alpha value is -1.63. The topological polar surface area (TPSA) is 81.8 Å². The zero-order valence-corrected chi connectivity index (χ0v) is 12.7. The van der Waals surface area contributed by atoms with Crippen LogP contribution in [0.2, 0.25) is 0 Å². The van der Waals surface area contributed by atoms with Crippen molar-refractivity contribution in [3.63, 3.8) is 0 Å². The smallest absolute Gasteiger partial charge is 0.322 e. The van der Waals surface area contributed by atoms with Crippen molar-refractivity contribution < 1.29 is 14.4 Å². The molecule has 1 aliphatic rings. The molecule has 4 amide bonds. The number of urea groups is 1. The zero-order chi connectivity index (χ0) is 15.3. The number of imide groups is 1. The molecule has 7 nitrogen and oxygen atoms in total. The third kappa shape index (κ3) is 3.69. The van der Waals surface area contributed by atoms with Crippen molar-refractivity contribution in [2.75, 3.05) is 20.1 Å². The third-order valence-electron chi connectivity index (χ3n) is 3.51. The standard InChI is InChI=1S/C13H24N4O3/c1-5-7-8-16(4)9-10(18)15-17-11(19)13(3,6-2)14-12(17)20/h5-9H2,1-4H3,(H,14,20)(H,15,18)/t13-/m0/s1. The molecule has 1 aliphatic heterocycles. The zero-order valence-electron chi connectivity index (χ0n) is 12.7. The number of hydrazine groups is 1. The maximum absolute atomic E-state index is 12.1. The average molecular weight is 284 g/mol. The maximum Gasteiger partial charge on any atom is 0.344 e. The Morgan fingerprint density at radius 3 is 2.55 bits per heavy atom. The van der Waals surface area contributed by atoms with E-state index in [1.807, 2.05) is 18.9 Å². The van der Waals surface area contributed by atoms with Crippen LogP contribution >= 0.6 is 0 Å². The minimum absolute atomic E-state index is 0.153. The normalized spacial score (nSPS) is 22.4. The average Bonchev–Trinajstić information content (AvgIpc) is 2.60. The first-order valence-electron chi connectivity index (χ1n) is 6.98. The van der Waals surface area contributed by atoms with E-state index in [0.29, 0.717) is 6.42 Å². The van der Waals surface area contributed by atoms with Crippen LogP contribution in [0, 0.1) is 0 Å². The minimum atomic E-state index is -0.932. The van der Waals surface area contributed by atoms with Crippen LogP contribution in [-0.4, -0.2) is 53.4 Å². The Labute approximate surface area is 119 Å². The van der Waals surface area contributed by atoms with Crippen molar-refractivity contribution in [1.29, 1.82) is 0 Å². The number of unbranched alkanes of at least 4 members (excludes halogenated alkanes) is 1. The summed E-state index contributed by atoms with van der Waals surface area (Å²) in [5.74, 6) is -0.790. The van der Waals surface area contributed by atoms with Crippen molar-refractivity contribution in [3.8, 4) is 0 Å². The SMILES string of the molecule is CCCCN(C)CC(=O)NN1C(=O)N[C@@](C)(CC)C1=O.